The van der Waals surface area contributed by atoms with E-state index < -0.39 is 0 Å². The number of hydrogen-bond acceptors (Lipinski definition) is 7. The van der Waals surface area contributed by atoms with Gasteiger partial charge in [0.1, 0.15) is 10.7 Å². The van der Waals surface area contributed by atoms with Gasteiger partial charge >= 0.3 is 0 Å². The first kappa shape index (κ1) is 20.4. The molecule has 0 saturated carbocycles. The van der Waals surface area contributed by atoms with Crippen molar-refractivity contribution in [3.63, 3.8) is 0 Å². The van der Waals surface area contributed by atoms with Crippen LogP contribution < -0.4 is 4.90 Å². The van der Waals surface area contributed by atoms with E-state index in [4.69, 9.17) is 0 Å². The molecule has 4 aromatic rings. The molecule has 1 aliphatic heterocycles. The molecule has 32 heavy (non-hydrogen) atoms. The number of amides is 1. The number of rotatable bonds is 5. The summed E-state index contributed by atoms with van der Waals surface area (Å²) in [6, 6.07) is 20.0. The highest BCUT2D eigenvalue weighted by Gasteiger charge is 2.23. The summed E-state index contributed by atoms with van der Waals surface area (Å²) in [4.78, 5) is 25.5. The Hall–Kier alpha value is -3.52. The van der Waals surface area contributed by atoms with E-state index in [1.54, 1.807) is 18.5 Å². The molecule has 5 rings (SSSR count). The minimum Gasteiger partial charge on any atom is -0.338 e. The lowest BCUT2D eigenvalue weighted by Gasteiger charge is -2.34. The van der Waals surface area contributed by atoms with Crippen LogP contribution in [0.5, 0.6) is 0 Å². The molecule has 0 spiro atoms. The molecule has 0 atom stereocenters. The Morgan fingerprint density at radius 1 is 0.812 bits per heavy atom. The fourth-order valence-corrected chi connectivity index (χ4v) is 4.70. The maximum Gasteiger partial charge on any atom is 0.233 e. The molecule has 0 N–H and O–H groups in total. The van der Waals surface area contributed by atoms with Gasteiger partial charge in [0, 0.05) is 54.9 Å². The van der Waals surface area contributed by atoms with Gasteiger partial charge < -0.3 is 9.80 Å². The molecule has 0 unspecified atom stereocenters. The molecule has 0 radical (unpaired) electrons. The number of aromatic nitrogens is 4. The second-order valence-corrected chi connectivity index (χ2v) is 8.43. The Balaban J connectivity index is 1.26. The van der Waals surface area contributed by atoms with E-state index in [0.29, 0.717) is 24.8 Å². The van der Waals surface area contributed by atoms with E-state index in [-0.39, 0.29) is 5.91 Å². The van der Waals surface area contributed by atoms with Crippen molar-refractivity contribution in [1.82, 2.24) is 25.1 Å². The standard InChI is InChI=1S/C24H22N6OS/c31-21(29-13-15-30(16-14-29)24-25-11-6-12-26-24)17-32-23-20-10-5-4-9-19(20)22(27-28-23)18-7-2-1-3-8-18/h1-12H,13-17H2. The number of carbonyl (C=O) groups is 1. The van der Waals surface area contributed by atoms with Crippen molar-refractivity contribution >= 4 is 34.4 Å². The fraction of sp³-hybridized carbons (Fsp3) is 0.208. The van der Waals surface area contributed by atoms with Crippen molar-refractivity contribution in [2.24, 2.45) is 0 Å². The molecule has 2 aromatic heterocycles. The van der Waals surface area contributed by atoms with Crippen molar-refractivity contribution in [3.8, 4) is 11.3 Å². The van der Waals surface area contributed by atoms with Gasteiger partial charge in [-0.25, -0.2) is 9.97 Å². The van der Waals surface area contributed by atoms with Gasteiger partial charge in [0.05, 0.1) is 5.75 Å². The van der Waals surface area contributed by atoms with Gasteiger partial charge in [-0.15, -0.1) is 10.2 Å². The molecule has 1 amide bonds. The van der Waals surface area contributed by atoms with Gasteiger partial charge in [-0.3, -0.25) is 4.79 Å². The quantitative estimate of drug-likeness (QED) is 0.438. The summed E-state index contributed by atoms with van der Waals surface area (Å²) in [6.07, 6.45) is 3.48. The first-order valence-electron chi connectivity index (χ1n) is 10.5. The van der Waals surface area contributed by atoms with Crippen LogP contribution in [0.15, 0.2) is 78.1 Å². The highest BCUT2D eigenvalue weighted by Crippen LogP contribution is 2.31. The third-order valence-corrected chi connectivity index (χ3v) is 6.47. The number of piperazine rings is 1. The molecule has 0 bridgehead atoms. The normalized spacial score (nSPS) is 14.0. The monoisotopic (exact) mass is 442 g/mol. The number of thioether (sulfide) groups is 1. The Bertz CT molecular complexity index is 1210. The summed E-state index contributed by atoms with van der Waals surface area (Å²) >= 11 is 1.45. The summed E-state index contributed by atoms with van der Waals surface area (Å²) < 4.78 is 0. The van der Waals surface area contributed by atoms with Gasteiger partial charge in [-0.2, -0.15) is 0 Å². The van der Waals surface area contributed by atoms with Gasteiger partial charge in [-0.05, 0) is 6.07 Å². The van der Waals surface area contributed by atoms with Crippen LogP contribution in [0.25, 0.3) is 22.0 Å². The summed E-state index contributed by atoms with van der Waals surface area (Å²) in [5.41, 5.74) is 1.89. The molecule has 0 aliphatic carbocycles. The summed E-state index contributed by atoms with van der Waals surface area (Å²) in [7, 11) is 0. The number of hydrogen-bond donors (Lipinski definition) is 0. The second kappa shape index (κ2) is 9.32. The first-order chi connectivity index (χ1) is 15.8. The maximum atomic E-state index is 12.8. The lowest BCUT2D eigenvalue weighted by atomic mass is 10.1. The van der Waals surface area contributed by atoms with Crippen molar-refractivity contribution in [2.45, 2.75) is 5.03 Å². The first-order valence-corrected chi connectivity index (χ1v) is 11.5. The van der Waals surface area contributed by atoms with Crippen molar-refractivity contribution in [3.05, 3.63) is 73.1 Å². The minimum atomic E-state index is 0.113. The predicted octanol–water partition coefficient (Wildman–Crippen LogP) is 3.53. The molecular formula is C24H22N6OS. The zero-order valence-corrected chi connectivity index (χ0v) is 18.3. The van der Waals surface area contributed by atoms with Gasteiger partial charge in [0.2, 0.25) is 11.9 Å². The second-order valence-electron chi connectivity index (χ2n) is 7.47. The van der Waals surface area contributed by atoms with E-state index >= 15 is 0 Å². The summed E-state index contributed by atoms with van der Waals surface area (Å²) in [5.74, 6) is 1.17. The Morgan fingerprint density at radius 2 is 1.50 bits per heavy atom. The van der Waals surface area contributed by atoms with Gasteiger partial charge in [-0.1, -0.05) is 66.4 Å². The molecule has 1 aliphatic rings. The fourth-order valence-electron chi connectivity index (χ4n) is 3.83. The lowest BCUT2D eigenvalue weighted by Crippen LogP contribution is -2.49. The van der Waals surface area contributed by atoms with E-state index in [1.165, 1.54) is 11.8 Å². The average molecular weight is 443 g/mol. The third-order valence-electron chi connectivity index (χ3n) is 5.50. The highest BCUT2D eigenvalue weighted by molar-refractivity contribution is 8.00. The van der Waals surface area contributed by atoms with Crippen molar-refractivity contribution < 1.29 is 4.79 Å². The van der Waals surface area contributed by atoms with Crippen LogP contribution in [0.1, 0.15) is 0 Å². The molecule has 2 aromatic carbocycles. The van der Waals surface area contributed by atoms with Crippen molar-refractivity contribution in [2.75, 3.05) is 36.8 Å². The Kier molecular flexibility index (Phi) is 5.93. The van der Waals surface area contributed by atoms with Crippen LogP contribution in [0.3, 0.4) is 0 Å². The molecular weight excluding hydrogens is 420 g/mol. The van der Waals surface area contributed by atoms with Crippen LogP contribution in [0.4, 0.5) is 5.95 Å². The number of fused-ring (bicyclic) bond motifs is 1. The summed E-state index contributed by atoms with van der Waals surface area (Å²) in [6.45, 7) is 2.79. The van der Waals surface area contributed by atoms with E-state index in [2.05, 4.69) is 31.1 Å². The van der Waals surface area contributed by atoms with Crippen LogP contribution >= 0.6 is 11.8 Å². The topological polar surface area (TPSA) is 75.1 Å². The minimum absolute atomic E-state index is 0.113. The maximum absolute atomic E-state index is 12.8. The molecule has 3 heterocycles. The van der Waals surface area contributed by atoms with Crippen LogP contribution in [-0.2, 0) is 4.79 Å². The van der Waals surface area contributed by atoms with Gasteiger partial charge in [0.25, 0.3) is 0 Å². The van der Waals surface area contributed by atoms with E-state index in [0.717, 1.165) is 40.1 Å². The number of nitrogens with zero attached hydrogens (tertiary/aromatic N) is 6. The van der Waals surface area contributed by atoms with Crippen LogP contribution in [0.2, 0.25) is 0 Å². The Labute approximate surface area is 190 Å². The highest BCUT2D eigenvalue weighted by atomic mass is 32.2. The molecule has 1 fully saturated rings. The largest absolute Gasteiger partial charge is 0.338 e. The average Bonchev–Trinajstić information content (AvgIpc) is 2.88. The smallest absolute Gasteiger partial charge is 0.233 e. The van der Waals surface area contributed by atoms with Crippen molar-refractivity contribution in [1.29, 1.82) is 0 Å². The molecule has 7 nitrogen and oxygen atoms in total. The van der Waals surface area contributed by atoms with E-state index in [9.17, 15) is 4.79 Å². The summed E-state index contributed by atoms with van der Waals surface area (Å²) in [5, 5.41) is 11.8. The third kappa shape index (κ3) is 4.27. The molecule has 8 heteroatoms. The lowest BCUT2D eigenvalue weighted by molar-refractivity contribution is -0.128. The van der Waals surface area contributed by atoms with E-state index in [1.807, 2.05) is 53.4 Å². The zero-order valence-electron chi connectivity index (χ0n) is 17.5. The molecule has 160 valence electrons. The predicted molar refractivity (Wildman–Crippen MR) is 127 cm³/mol. The number of carbonyl (C=O) groups excluding carboxylic acids is 1. The van der Waals surface area contributed by atoms with Gasteiger partial charge in [0.15, 0.2) is 0 Å². The SMILES string of the molecule is O=C(CSc1nnc(-c2ccccc2)c2ccccc12)N1CCN(c2ncccn2)CC1. The van der Waals surface area contributed by atoms with Crippen LogP contribution in [-0.4, -0.2) is 62.9 Å². The number of anilines is 1. The van der Waals surface area contributed by atoms with Crippen LogP contribution in [0, 0.1) is 0 Å². The molecule has 1 saturated heterocycles. The number of benzene rings is 2. The Morgan fingerprint density at radius 3 is 2.25 bits per heavy atom. The zero-order chi connectivity index (χ0) is 21.8.